The lowest BCUT2D eigenvalue weighted by Gasteiger charge is -2.16. The first kappa shape index (κ1) is 17.5. The normalized spacial score (nSPS) is 18.8. The van der Waals surface area contributed by atoms with Gasteiger partial charge in [0.1, 0.15) is 12.2 Å². The fraction of sp³-hybridized carbons (Fsp3) is 0.381. The number of hydrogen-bond acceptors (Lipinski definition) is 5. The summed E-state index contributed by atoms with van der Waals surface area (Å²) in [5.74, 6) is 0.0328. The fourth-order valence-corrected chi connectivity index (χ4v) is 3.63. The molecule has 1 aromatic carbocycles. The smallest absolute Gasteiger partial charge is 0.339 e. The first-order valence-corrected chi connectivity index (χ1v) is 9.38. The molecule has 1 aromatic heterocycles. The Morgan fingerprint density at radius 1 is 1.19 bits per heavy atom. The summed E-state index contributed by atoms with van der Waals surface area (Å²) in [6, 6.07) is 10.9. The van der Waals surface area contributed by atoms with E-state index in [4.69, 9.17) is 9.47 Å². The van der Waals surface area contributed by atoms with Gasteiger partial charge < -0.3 is 14.8 Å². The van der Waals surface area contributed by atoms with Crippen molar-refractivity contribution in [3.8, 4) is 5.88 Å². The van der Waals surface area contributed by atoms with Gasteiger partial charge in [0, 0.05) is 23.9 Å². The number of pyridine rings is 1. The fourth-order valence-electron chi connectivity index (χ4n) is 3.63. The lowest BCUT2D eigenvalue weighted by molar-refractivity contribution is -0.123. The average molecular weight is 366 g/mol. The van der Waals surface area contributed by atoms with Crippen molar-refractivity contribution in [2.75, 3.05) is 0 Å². The maximum atomic E-state index is 12.4. The van der Waals surface area contributed by atoms with Gasteiger partial charge in [-0.2, -0.15) is 0 Å². The van der Waals surface area contributed by atoms with Crippen LogP contribution in [0.2, 0.25) is 0 Å². The van der Waals surface area contributed by atoms with Gasteiger partial charge in [-0.05, 0) is 37.8 Å². The molecule has 1 aliphatic carbocycles. The molecule has 1 fully saturated rings. The van der Waals surface area contributed by atoms with Crippen molar-refractivity contribution in [2.45, 2.75) is 50.9 Å². The SMILES string of the molecule is O=C(CC1OC(=O)c2ccccc21)NCc1cccnc1OC1CCCC1. The Morgan fingerprint density at radius 2 is 2.00 bits per heavy atom. The number of nitrogens with zero attached hydrogens (tertiary/aromatic N) is 1. The van der Waals surface area contributed by atoms with E-state index >= 15 is 0 Å². The molecule has 1 aliphatic heterocycles. The van der Waals surface area contributed by atoms with Crippen LogP contribution in [-0.2, 0) is 16.1 Å². The predicted molar refractivity (Wildman–Crippen MR) is 98.2 cm³/mol. The number of rotatable bonds is 6. The van der Waals surface area contributed by atoms with E-state index in [0.29, 0.717) is 18.0 Å². The van der Waals surface area contributed by atoms with Crippen LogP contribution in [0.15, 0.2) is 42.6 Å². The topological polar surface area (TPSA) is 77.5 Å². The molecule has 1 N–H and O–H groups in total. The molecular weight excluding hydrogens is 344 g/mol. The molecule has 1 atom stereocenters. The Bertz CT molecular complexity index is 846. The molecule has 27 heavy (non-hydrogen) atoms. The van der Waals surface area contributed by atoms with Crippen LogP contribution in [0.1, 0.15) is 59.7 Å². The molecule has 0 radical (unpaired) electrons. The van der Waals surface area contributed by atoms with Crippen molar-refractivity contribution in [1.82, 2.24) is 10.3 Å². The molecule has 0 spiro atoms. The van der Waals surface area contributed by atoms with Gasteiger partial charge in [0.25, 0.3) is 0 Å². The van der Waals surface area contributed by atoms with Crippen LogP contribution in [0.4, 0.5) is 0 Å². The van der Waals surface area contributed by atoms with Crippen LogP contribution in [0.5, 0.6) is 5.88 Å². The minimum absolute atomic E-state index is 0.0990. The van der Waals surface area contributed by atoms with Crippen LogP contribution in [0, 0.1) is 0 Å². The van der Waals surface area contributed by atoms with E-state index in [-0.39, 0.29) is 24.4 Å². The van der Waals surface area contributed by atoms with Gasteiger partial charge in [-0.15, -0.1) is 0 Å². The monoisotopic (exact) mass is 366 g/mol. The highest BCUT2D eigenvalue weighted by atomic mass is 16.5. The molecule has 0 saturated heterocycles. The first-order chi connectivity index (χ1) is 13.2. The zero-order valence-corrected chi connectivity index (χ0v) is 15.0. The van der Waals surface area contributed by atoms with Gasteiger partial charge in [-0.25, -0.2) is 9.78 Å². The maximum absolute atomic E-state index is 12.4. The third kappa shape index (κ3) is 3.94. The molecule has 1 amide bonds. The number of benzene rings is 1. The summed E-state index contributed by atoms with van der Waals surface area (Å²) in [5, 5.41) is 2.89. The average Bonchev–Trinajstić information content (AvgIpc) is 3.30. The first-order valence-electron chi connectivity index (χ1n) is 9.38. The van der Waals surface area contributed by atoms with E-state index in [2.05, 4.69) is 10.3 Å². The number of hydrogen-bond donors (Lipinski definition) is 1. The quantitative estimate of drug-likeness (QED) is 0.794. The highest BCUT2D eigenvalue weighted by molar-refractivity contribution is 5.94. The summed E-state index contributed by atoms with van der Waals surface area (Å²) < 4.78 is 11.3. The van der Waals surface area contributed by atoms with E-state index in [9.17, 15) is 9.59 Å². The molecule has 2 aromatic rings. The van der Waals surface area contributed by atoms with Crippen molar-refractivity contribution in [2.24, 2.45) is 0 Å². The highest BCUT2D eigenvalue weighted by Crippen LogP contribution is 2.32. The van der Waals surface area contributed by atoms with Crippen LogP contribution < -0.4 is 10.1 Å². The molecule has 6 heteroatoms. The zero-order chi connectivity index (χ0) is 18.6. The number of amides is 1. The van der Waals surface area contributed by atoms with Crippen molar-refractivity contribution in [1.29, 1.82) is 0 Å². The number of carbonyl (C=O) groups is 2. The molecule has 2 heterocycles. The molecule has 1 unspecified atom stereocenters. The van der Waals surface area contributed by atoms with Crippen LogP contribution in [0.25, 0.3) is 0 Å². The maximum Gasteiger partial charge on any atom is 0.339 e. The van der Waals surface area contributed by atoms with E-state index < -0.39 is 6.10 Å². The summed E-state index contributed by atoms with van der Waals surface area (Å²) in [5.41, 5.74) is 2.15. The number of ether oxygens (including phenoxy) is 2. The lowest BCUT2D eigenvalue weighted by Crippen LogP contribution is -2.25. The predicted octanol–water partition coefficient (Wildman–Crippen LogP) is 3.32. The van der Waals surface area contributed by atoms with Gasteiger partial charge in [0.15, 0.2) is 0 Å². The van der Waals surface area contributed by atoms with Gasteiger partial charge in [0.05, 0.1) is 12.0 Å². The molecule has 2 aliphatic rings. The Labute approximate surface area is 157 Å². The number of esters is 1. The molecule has 4 rings (SSSR count). The van der Waals surface area contributed by atoms with Gasteiger partial charge >= 0.3 is 5.97 Å². The third-order valence-corrected chi connectivity index (χ3v) is 5.05. The van der Waals surface area contributed by atoms with Crippen molar-refractivity contribution in [3.63, 3.8) is 0 Å². The highest BCUT2D eigenvalue weighted by Gasteiger charge is 2.32. The molecule has 1 saturated carbocycles. The number of nitrogens with one attached hydrogen (secondary N) is 1. The number of aromatic nitrogens is 1. The number of carbonyl (C=O) groups excluding carboxylic acids is 2. The molecule has 6 nitrogen and oxygen atoms in total. The van der Waals surface area contributed by atoms with Gasteiger partial charge in [0.2, 0.25) is 11.8 Å². The van der Waals surface area contributed by atoms with Crippen LogP contribution in [-0.4, -0.2) is 23.0 Å². The Morgan fingerprint density at radius 3 is 2.85 bits per heavy atom. The van der Waals surface area contributed by atoms with Crippen molar-refractivity contribution >= 4 is 11.9 Å². The summed E-state index contributed by atoms with van der Waals surface area (Å²) in [7, 11) is 0. The largest absolute Gasteiger partial charge is 0.474 e. The van der Waals surface area contributed by atoms with E-state index in [1.807, 2.05) is 24.3 Å². The summed E-state index contributed by atoms with van der Waals surface area (Å²) in [4.78, 5) is 28.6. The number of cyclic esters (lactones) is 1. The Hall–Kier alpha value is -2.89. The van der Waals surface area contributed by atoms with Gasteiger partial charge in [-0.3, -0.25) is 4.79 Å². The zero-order valence-electron chi connectivity index (χ0n) is 15.0. The van der Waals surface area contributed by atoms with Crippen molar-refractivity contribution < 1.29 is 19.1 Å². The van der Waals surface area contributed by atoms with E-state index in [1.165, 1.54) is 12.8 Å². The van der Waals surface area contributed by atoms with E-state index in [0.717, 1.165) is 24.0 Å². The summed E-state index contributed by atoms with van der Waals surface area (Å²) in [6.07, 6.45) is 5.95. The second kappa shape index (κ2) is 7.78. The lowest BCUT2D eigenvalue weighted by atomic mass is 10.0. The second-order valence-corrected chi connectivity index (χ2v) is 6.95. The third-order valence-electron chi connectivity index (χ3n) is 5.05. The Kier molecular flexibility index (Phi) is 5.05. The van der Waals surface area contributed by atoms with Crippen LogP contribution >= 0.6 is 0 Å². The van der Waals surface area contributed by atoms with Gasteiger partial charge in [-0.1, -0.05) is 24.3 Å². The van der Waals surface area contributed by atoms with Crippen LogP contribution in [0.3, 0.4) is 0 Å². The summed E-state index contributed by atoms with van der Waals surface area (Å²) >= 11 is 0. The molecular formula is C21H22N2O4. The summed E-state index contributed by atoms with van der Waals surface area (Å²) in [6.45, 7) is 0.330. The molecule has 140 valence electrons. The van der Waals surface area contributed by atoms with E-state index in [1.54, 1.807) is 18.3 Å². The standard InChI is InChI=1S/C21H22N2O4/c24-19(12-18-16-9-3-4-10-17(16)21(25)27-18)23-13-14-6-5-11-22-20(14)26-15-7-1-2-8-15/h3-6,9-11,15,18H,1-2,7-8,12-13H2,(H,23,24). The minimum Gasteiger partial charge on any atom is -0.474 e. The molecule has 0 bridgehead atoms. The van der Waals surface area contributed by atoms with Crippen molar-refractivity contribution in [3.05, 3.63) is 59.3 Å². The Balaban J connectivity index is 1.36. The minimum atomic E-state index is -0.531. The number of fused-ring (bicyclic) bond motifs is 1. The second-order valence-electron chi connectivity index (χ2n) is 6.95.